The van der Waals surface area contributed by atoms with Crippen molar-refractivity contribution in [2.45, 2.75) is 38.1 Å². The predicted octanol–water partition coefficient (Wildman–Crippen LogP) is 2.68. The predicted molar refractivity (Wildman–Crippen MR) is 104 cm³/mol. The third-order valence-corrected chi connectivity index (χ3v) is 6.16. The molecule has 136 valence electrons. The van der Waals surface area contributed by atoms with Crippen LogP contribution in [0.2, 0.25) is 0 Å². The summed E-state index contributed by atoms with van der Waals surface area (Å²) in [5, 5.41) is 0.721. The molecule has 1 saturated carbocycles. The summed E-state index contributed by atoms with van der Waals surface area (Å²) in [6.07, 6.45) is 8.70. The maximum Gasteiger partial charge on any atom is 0.271 e. The summed E-state index contributed by atoms with van der Waals surface area (Å²) in [7, 11) is 3.68. The number of aromatic nitrogens is 3. The van der Waals surface area contributed by atoms with Gasteiger partial charge in [0.15, 0.2) is 0 Å². The zero-order valence-corrected chi connectivity index (χ0v) is 15.7. The molecule has 0 aromatic carbocycles. The van der Waals surface area contributed by atoms with Crippen LogP contribution in [0.3, 0.4) is 0 Å². The summed E-state index contributed by atoms with van der Waals surface area (Å²) in [6, 6.07) is 0.223. The first-order valence-electron chi connectivity index (χ1n) is 8.78. The van der Waals surface area contributed by atoms with Crippen molar-refractivity contribution < 1.29 is 4.79 Å². The quantitative estimate of drug-likeness (QED) is 0.764. The smallest absolute Gasteiger partial charge is 0.271 e. The molecular formula is C18H21N5O2S. The van der Waals surface area contributed by atoms with Gasteiger partial charge in [-0.05, 0) is 12.8 Å². The van der Waals surface area contributed by atoms with Crippen LogP contribution in [0.15, 0.2) is 17.3 Å². The first-order valence-corrected chi connectivity index (χ1v) is 9.60. The molecule has 0 atom stereocenters. The highest BCUT2D eigenvalue weighted by molar-refractivity contribution is 7.25. The van der Waals surface area contributed by atoms with Gasteiger partial charge in [-0.15, -0.1) is 11.3 Å². The molecule has 1 fully saturated rings. The topological polar surface area (TPSA) is 94.1 Å². The molecule has 1 aliphatic carbocycles. The SMILES string of the molecule is CN(C)c1c(C(N)=O)cnc2sc3c(=O)n(C4CCCCC4)cnc3c12. The summed E-state index contributed by atoms with van der Waals surface area (Å²) in [5.41, 5.74) is 7.10. The van der Waals surface area contributed by atoms with Gasteiger partial charge in [0.05, 0.1) is 28.5 Å². The van der Waals surface area contributed by atoms with Gasteiger partial charge in [0.1, 0.15) is 9.53 Å². The first kappa shape index (κ1) is 17.0. The summed E-state index contributed by atoms with van der Waals surface area (Å²) in [5.74, 6) is -0.544. The van der Waals surface area contributed by atoms with Gasteiger partial charge >= 0.3 is 0 Å². The summed E-state index contributed by atoms with van der Waals surface area (Å²) < 4.78 is 2.37. The molecule has 0 aliphatic heterocycles. The standard InChI is InChI=1S/C18H21N5O2S/c1-22(2)14-11(16(19)24)8-20-17-12(14)13-15(26-17)18(25)23(9-21-13)10-6-4-3-5-7-10/h8-10H,3-7H2,1-2H3,(H2,19,24). The van der Waals surface area contributed by atoms with Crippen molar-refractivity contribution in [2.24, 2.45) is 5.73 Å². The normalized spacial score (nSPS) is 15.6. The van der Waals surface area contributed by atoms with Crippen LogP contribution in [-0.4, -0.2) is 34.5 Å². The Bertz CT molecular complexity index is 1060. The third kappa shape index (κ3) is 2.56. The number of rotatable bonds is 3. The maximum absolute atomic E-state index is 13.1. The molecule has 0 bridgehead atoms. The number of fused-ring (bicyclic) bond motifs is 3. The average Bonchev–Trinajstić information content (AvgIpc) is 3.01. The molecular weight excluding hydrogens is 350 g/mol. The highest BCUT2D eigenvalue weighted by Crippen LogP contribution is 2.38. The lowest BCUT2D eigenvalue weighted by atomic mass is 9.95. The number of nitrogens with zero attached hydrogens (tertiary/aromatic N) is 4. The van der Waals surface area contributed by atoms with E-state index in [1.807, 2.05) is 19.0 Å². The van der Waals surface area contributed by atoms with Crippen LogP contribution < -0.4 is 16.2 Å². The Hall–Kier alpha value is -2.48. The Balaban J connectivity index is 2.00. The number of hydrogen-bond acceptors (Lipinski definition) is 6. The number of carbonyl (C=O) groups excluding carboxylic acids is 1. The second-order valence-corrected chi connectivity index (χ2v) is 7.99. The van der Waals surface area contributed by atoms with Crippen LogP contribution in [-0.2, 0) is 0 Å². The van der Waals surface area contributed by atoms with E-state index in [2.05, 4.69) is 9.97 Å². The van der Waals surface area contributed by atoms with Gasteiger partial charge in [0.2, 0.25) is 0 Å². The van der Waals surface area contributed by atoms with E-state index in [-0.39, 0.29) is 11.6 Å². The number of pyridine rings is 1. The van der Waals surface area contributed by atoms with Crippen LogP contribution in [0, 0.1) is 0 Å². The highest BCUT2D eigenvalue weighted by atomic mass is 32.1. The van der Waals surface area contributed by atoms with E-state index < -0.39 is 5.91 Å². The molecule has 7 nitrogen and oxygen atoms in total. The molecule has 4 rings (SSSR count). The zero-order valence-electron chi connectivity index (χ0n) is 14.9. The molecule has 0 unspecified atom stereocenters. The van der Waals surface area contributed by atoms with Crippen LogP contribution in [0.4, 0.5) is 5.69 Å². The number of amides is 1. The number of anilines is 1. The molecule has 1 aliphatic rings. The van der Waals surface area contributed by atoms with Crippen LogP contribution in [0.25, 0.3) is 20.4 Å². The fourth-order valence-electron chi connectivity index (χ4n) is 3.86. The Kier molecular flexibility index (Phi) is 4.14. The minimum atomic E-state index is -0.544. The van der Waals surface area contributed by atoms with Gasteiger partial charge in [-0.25, -0.2) is 9.97 Å². The van der Waals surface area contributed by atoms with E-state index in [1.165, 1.54) is 24.0 Å². The summed E-state index contributed by atoms with van der Waals surface area (Å²) >= 11 is 1.33. The average molecular weight is 371 g/mol. The van der Waals surface area contributed by atoms with E-state index in [0.717, 1.165) is 31.1 Å². The van der Waals surface area contributed by atoms with E-state index in [9.17, 15) is 9.59 Å². The largest absolute Gasteiger partial charge is 0.376 e. The minimum Gasteiger partial charge on any atom is -0.376 e. The second kappa shape index (κ2) is 6.35. The molecule has 0 radical (unpaired) electrons. The molecule has 26 heavy (non-hydrogen) atoms. The number of hydrogen-bond donors (Lipinski definition) is 1. The molecule has 2 N–H and O–H groups in total. The van der Waals surface area contributed by atoms with E-state index in [1.54, 1.807) is 10.9 Å². The van der Waals surface area contributed by atoms with Crippen molar-refractivity contribution in [1.82, 2.24) is 14.5 Å². The Morgan fingerprint density at radius 2 is 2.00 bits per heavy atom. The second-order valence-electron chi connectivity index (χ2n) is 6.99. The van der Waals surface area contributed by atoms with Gasteiger partial charge in [-0.1, -0.05) is 19.3 Å². The lowest BCUT2D eigenvalue weighted by Gasteiger charge is -2.23. The molecule has 3 heterocycles. The van der Waals surface area contributed by atoms with Crippen molar-refractivity contribution in [2.75, 3.05) is 19.0 Å². The Labute approximate surface area is 154 Å². The number of carbonyl (C=O) groups is 1. The summed E-state index contributed by atoms with van der Waals surface area (Å²) in [4.78, 5) is 36.4. The van der Waals surface area contributed by atoms with E-state index >= 15 is 0 Å². The first-order chi connectivity index (χ1) is 12.5. The van der Waals surface area contributed by atoms with E-state index in [0.29, 0.717) is 26.3 Å². The lowest BCUT2D eigenvalue weighted by molar-refractivity contribution is 0.100. The van der Waals surface area contributed by atoms with Crippen LogP contribution in [0.1, 0.15) is 48.5 Å². The lowest BCUT2D eigenvalue weighted by Crippen LogP contribution is -2.26. The van der Waals surface area contributed by atoms with Crippen molar-refractivity contribution >= 4 is 43.4 Å². The Morgan fingerprint density at radius 1 is 1.27 bits per heavy atom. The Morgan fingerprint density at radius 3 is 2.65 bits per heavy atom. The zero-order chi connectivity index (χ0) is 18.4. The van der Waals surface area contributed by atoms with Crippen LogP contribution >= 0.6 is 11.3 Å². The van der Waals surface area contributed by atoms with Gasteiger partial charge < -0.3 is 10.6 Å². The maximum atomic E-state index is 13.1. The number of primary amides is 1. The van der Waals surface area contributed by atoms with Gasteiger partial charge in [-0.3, -0.25) is 14.2 Å². The summed E-state index contributed by atoms with van der Waals surface area (Å²) in [6.45, 7) is 0. The van der Waals surface area contributed by atoms with Crippen molar-refractivity contribution in [3.63, 3.8) is 0 Å². The third-order valence-electron chi connectivity index (χ3n) is 5.09. The monoisotopic (exact) mass is 371 g/mol. The minimum absolute atomic E-state index is 0.0183. The fraction of sp³-hybridized carbons (Fsp3) is 0.444. The van der Waals surface area contributed by atoms with E-state index in [4.69, 9.17) is 5.73 Å². The highest BCUT2D eigenvalue weighted by Gasteiger charge is 2.23. The van der Waals surface area contributed by atoms with Gasteiger partial charge in [0.25, 0.3) is 11.5 Å². The molecule has 3 aromatic heterocycles. The molecule has 1 amide bonds. The van der Waals surface area contributed by atoms with Crippen molar-refractivity contribution in [3.8, 4) is 0 Å². The number of thiophene rings is 1. The van der Waals surface area contributed by atoms with Crippen molar-refractivity contribution in [3.05, 3.63) is 28.4 Å². The molecule has 0 spiro atoms. The van der Waals surface area contributed by atoms with Crippen LogP contribution in [0.5, 0.6) is 0 Å². The van der Waals surface area contributed by atoms with Gasteiger partial charge in [-0.2, -0.15) is 0 Å². The molecule has 0 saturated heterocycles. The molecule has 8 heteroatoms. The molecule has 3 aromatic rings. The fourth-order valence-corrected chi connectivity index (χ4v) is 4.89. The van der Waals surface area contributed by atoms with Gasteiger partial charge in [0, 0.05) is 26.3 Å². The number of nitrogens with two attached hydrogens (primary N) is 1. The van der Waals surface area contributed by atoms with Crippen molar-refractivity contribution in [1.29, 1.82) is 0 Å².